The average molecular weight is 405 g/mol. The number of benzene rings is 2. The number of sulfonamides is 1. The maximum Gasteiger partial charge on any atom is 0.251 e. The molecular formula is C19H23N3O5S. The molecular weight excluding hydrogens is 382 g/mol. The summed E-state index contributed by atoms with van der Waals surface area (Å²) in [6, 6.07) is 12.8. The van der Waals surface area contributed by atoms with Gasteiger partial charge in [-0.1, -0.05) is 18.2 Å². The van der Waals surface area contributed by atoms with E-state index in [1.165, 1.54) is 26.2 Å². The molecule has 2 amide bonds. The van der Waals surface area contributed by atoms with Crippen LogP contribution in [0.25, 0.3) is 0 Å². The quantitative estimate of drug-likeness (QED) is 0.547. The van der Waals surface area contributed by atoms with Gasteiger partial charge in [-0.3, -0.25) is 9.59 Å². The summed E-state index contributed by atoms with van der Waals surface area (Å²) in [5.74, 6) is -0.519. The van der Waals surface area contributed by atoms with Gasteiger partial charge in [-0.15, -0.1) is 0 Å². The number of hydrogen-bond donors (Lipinski definition) is 3. The molecule has 2 aromatic rings. The van der Waals surface area contributed by atoms with Crippen LogP contribution in [0.4, 0.5) is 5.69 Å². The maximum absolute atomic E-state index is 12.3. The Labute approximate surface area is 164 Å². The summed E-state index contributed by atoms with van der Waals surface area (Å²) in [5, 5.41) is 5.39. The van der Waals surface area contributed by atoms with Crippen molar-refractivity contribution >= 4 is 27.5 Å². The molecule has 0 saturated heterocycles. The third kappa shape index (κ3) is 6.45. The van der Waals surface area contributed by atoms with Crippen LogP contribution in [0, 0.1) is 0 Å². The average Bonchev–Trinajstić information content (AvgIpc) is 2.66. The normalized spacial score (nSPS) is 11.1. The molecule has 28 heavy (non-hydrogen) atoms. The van der Waals surface area contributed by atoms with Crippen LogP contribution in [0.2, 0.25) is 0 Å². The summed E-state index contributed by atoms with van der Waals surface area (Å²) < 4.78 is 31.5. The van der Waals surface area contributed by atoms with Crippen LogP contribution in [0.1, 0.15) is 22.8 Å². The lowest BCUT2D eigenvalue weighted by atomic mass is 10.1. The molecule has 0 radical (unpaired) electrons. The van der Waals surface area contributed by atoms with E-state index >= 15 is 0 Å². The highest BCUT2D eigenvalue weighted by Crippen LogP contribution is 2.12. The highest BCUT2D eigenvalue weighted by molar-refractivity contribution is 7.89. The van der Waals surface area contributed by atoms with Gasteiger partial charge in [0, 0.05) is 38.4 Å². The summed E-state index contributed by atoms with van der Waals surface area (Å²) in [4.78, 5) is 23.5. The highest BCUT2D eigenvalue weighted by Gasteiger charge is 2.13. The van der Waals surface area contributed by atoms with E-state index in [9.17, 15) is 18.0 Å². The number of hydrogen-bond acceptors (Lipinski definition) is 5. The van der Waals surface area contributed by atoms with Crippen molar-refractivity contribution < 1.29 is 22.7 Å². The molecule has 0 aliphatic heterocycles. The minimum Gasteiger partial charge on any atom is -0.383 e. The van der Waals surface area contributed by atoms with Crippen molar-refractivity contribution in [3.8, 4) is 0 Å². The van der Waals surface area contributed by atoms with E-state index in [-0.39, 0.29) is 36.4 Å². The third-order valence-electron chi connectivity index (χ3n) is 3.73. The van der Waals surface area contributed by atoms with Crippen LogP contribution in [0.15, 0.2) is 53.4 Å². The molecule has 2 rings (SSSR count). The summed E-state index contributed by atoms with van der Waals surface area (Å²) in [6.07, 6.45) is 0. The molecule has 0 atom stereocenters. The topological polar surface area (TPSA) is 114 Å². The number of rotatable bonds is 9. The molecule has 150 valence electrons. The number of anilines is 1. The van der Waals surface area contributed by atoms with Gasteiger partial charge in [-0.2, -0.15) is 0 Å². The van der Waals surface area contributed by atoms with Crippen molar-refractivity contribution in [1.82, 2.24) is 10.0 Å². The smallest absolute Gasteiger partial charge is 0.251 e. The van der Waals surface area contributed by atoms with Crippen LogP contribution >= 0.6 is 0 Å². The van der Waals surface area contributed by atoms with Gasteiger partial charge in [0.2, 0.25) is 15.9 Å². The summed E-state index contributed by atoms with van der Waals surface area (Å²) in [7, 11) is -2.10. The zero-order chi connectivity index (χ0) is 20.6. The lowest BCUT2D eigenvalue weighted by Gasteiger charge is -2.09. The minimum atomic E-state index is -3.59. The molecule has 2 aromatic carbocycles. The molecule has 0 saturated carbocycles. The maximum atomic E-state index is 12.3. The zero-order valence-electron chi connectivity index (χ0n) is 15.7. The second-order valence-electron chi connectivity index (χ2n) is 5.98. The van der Waals surface area contributed by atoms with E-state index in [1.807, 2.05) is 0 Å². The molecule has 0 bridgehead atoms. The Balaban J connectivity index is 1.96. The SMILES string of the molecule is COCCNS(=O)(=O)c1ccc(CNC(=O)c2cccc(NC(C)=O)c2)cc1. The first-order valence-electron chi connectivity index (χ1n) is 8.55. The fourth-order valence-electron chi connectivity index (χ4n) is 2.37. The molecule has 9 heteroatoms. The molecule has 0 aliphatic carbocycles. The predicted octanol–water partition coefficient (Wildman–Crippen LogP) is 1.50. The first-order valence-corrected chi connectivity index (χ1v) is 10.0. The van der Waals surface area contributed by atoms with Crippen molar-refractivity contribution in [3.05, 3.63) is 59.7 Å². The molecule has 3 N–H and O–H groups in total. The van der Waals surface area contributed by atoms with Crippen LogP contribution in [-0.4, -0.2) is 40.5 Å². The van der Waals surface area contributed by atoms with Crippen molar-refractivity contribution in [1.29, 1.82) is 0 Å². The molecule has 0 spiro atoms. The van der Waals surface area contributed by atoms with Crippen molar-refractivity contribution in [2.45, 2.75) is 18.4 Å². The second kappa shape index (κ2) is 9.98. The summed E-state index contributed by atoms with van der Waals surface area (Å²) >= 11 is 0. The molecule has 0 aromatic heterocycles. The number of nitrogens with one attached hydrogen (secondary N) is 3. The van der Waals surface area contributed by atoms with Gasteiger partial charge in [-0.05, 0) is 35.9 Å². The summed E-state index contributed by atoms with van der Waals surface area (Å²) in [5.41, 5.74) is 1.70. The van der Waals surface area contributed by atoms with Gasteiger partial charge in [0.1, 0.15) is 0 Å². The van der Waals surface area contributed by atoms with Gasteiger partial charge < -0.3 is 15.4 Å². The van der Waals surface area contributed by atoms with E-state index in [0.29, 0.717) is 11.3 Å². The fourth-order valence-corrected chi connectivity index (χ4v) is 3.39. The third-order valence-corrected chi connectivity index (χ3v) is 5.21. The Hall–Kier alpha value is -2.75. The molecule has 0 unspecified atom stereocenters. The van der Waals surface area contributed by atoms with Crippen LogP contribution in [0.3, 0.4) is 0 Å². The Kier molecular flexibility index (Phi) is 7.68. The van der Waals surface area contributed by atoms with Crippen LogP contribution < -0.4 is 15.4 Å². The van der Waals surface area contributed by atoms with Crippen molar-refractivity contribution in [2.24, 2.45) is 0 Å². The Morgan fingerprint density at radius 2 is 1.79 bits per heavy atom. The number of carbonyl (C=O) groups is 2. The lowest BCUT2D eigenvalue weighted by molar-refractivity contribution is -0.114. The number of amides is 2. The van der Waals surface area contributed by atoms with E-state index in [2.05, 4.69) is 15.4 Å². The zero-order valence-corrected chi connectivity index (χ0v) is 16.5. The molecule has 0 heterocycles. The van der Waals surface area contributed by atoms with E-state index in [4.69, 9.17) is 4.74 Å². The fraction of sp³-hybridized carbons (Fsp3) is 0.263. The highest BCUT2D eigenvalue weighted by atomic mass is 32.2. The first kappa shape index (κ1) is 21.5. The van der Waals surface area contributed by atoms with E-state index in [0.717, 1.165) is 5.56 Å². The van der Waals surface area contributed by atoms with Crippen molar-refractivity contribution in [2.75, 3.05) is 25.6 Å². The Morgan fingerprint density at radius 1 is 1.07 bits per heavy atom. The molecule has 8 nitrogen and oxygen atoms in total. The van der Waals surface area contributed by atoms with Crippen LogP contribution in [0.5, 0.6) is 0 Å². The van der Waals surface area contributed by atoms with Gasteiger partial charge in [-0.25, -0.2) is 13.1 Å². The molecule has 0 fully saturated rings. The summed E-state index contributed by atoms with van der Waals surface area (Å²) in [6.45, 7) is 2.10. The molecule has 0 aliphatic rings. The number of carbonyl (C=O) groups excluding carboxylic acids is 2. The van der Waals surface area contributed by atoms with Gasteiger partial charge in [0.05, 0.1) is 11.5 Å². The van der Waals surface area contributed by atoms with E-state index in [1.54, 1.807) is 36.4 Å². The first-order chi connectivity index (χ1) is 13.3. The van der Waals surface area contributed by atoms with Gasteiger partial charge in [0.15, 0.2) is 0 Å². The van der Waals surface area contributed by atoms with Gasteiger partial charge >= 0.3 is 0 Å². The number of ether oxygens (including phenoxy) is 1. The number of methoxy groups -OCH3 is 1. The van der Waals surface area contributed by atoms with Crippen molar-refractivity contribution in [3.63, 3.8) is 0 Å². The predicted molar refractivity (Wildman–Crippen MR) is 105 cm³/mol. The van der Waals surface area contributed by atoms with Gasteiger partial charge in [0.25, 0.3) is 5.91 Å². The van der Waals surface area contributed by atoms with E-state index < -0.39 is 10.0 Å². The monoisotopic (exact) mass is 405 g/mol. The van der Waals surface area contributed by atoms with Crippen LogP contribution in [-0.2, 0) is 26.1 Å². The standard InChI is InChI=1S/C19H23N3O5S/c1-14(23)22-17-5-3-4-16(12-17)19(24)20-13-15-6-8-18(9-7-15)28(25,26)21-10-11-27-2/h3-9,12,21H,10-11,13H2,1-2H3,(H,20,24)(H,22,23). The second-order valence-corrected chi connectivity index (χ2v) is 7.75. The Morgan fingerprint density at radius 3 is 2.43 bits per heavy atom. The largest absolute Gasteiger partial charge is 0.383 e. The minimum absolute atomic E-state index is 0.140. The lowest BCUT2D eigenvalue weighted by Crippen LogP contribution is -2.27. The Bertz CT molecular complexity index is 927.